The van der Waals surface area contributed by atoms with Gasteiger partial charge in [0, 0.05) is 17.5 Å². The molecule has 1 fully saturated rings. The van der Waals surface area contributed by atoms with E-state index in [1.165, 1.54) is 12.8 Å². The van der Waals surface area contributed by atoms with Crippen LogP contribution in [0.2, 0.25) is 0 Å². The average Bonchev–Trinajstić information content (AvgIpc) is 2.30. The normalized spacial score (nSPS) is 27.7. The van der Waals surface area contributed by atoms with Crippen LogP contribution in [-0.4, -0.2) is 10.1 Å². The van der Waals surface area contributed by atoms with Gasteiger partial charge in [-0.25, -0.2) is 0 Å². The Morgan fingerprint density at radius 2 is 2.00 bits per heavy atom. The SMILES string of the molecule is Cc1ncccc1C(O)C1CCC(C)CC1. The molecule has 1 aromatic rings. The van der Waals surface area contributed by atoms with E-state index in [4.69, 9.17) is 0 Å². The summed E-state index contributed by atoms with van der Waals surface area (Å²) in [7, 11) is 0. The summed E-state index contributed by atoms with van der Waals surface area (Å²) in [4.78, 5) is 4.25. The lowest BCUT2D eigenvalue weighted by molar-refractivity contribution is 0.0747. The Morgan fingerprint density at radius 1 is 1.31 bits per heavy atom. The van der Waals surface area contributed by atoms with Gasteiger partial charge in [0.1, 0.15) is 0 Å². The highest BCUT2D eigenvalue weighted by Crippen LogP contribution is 2.37. The number of nitrogens with zero attached hydrogens (tertiary/aromatic N) is 1. The van der Waals surface area contributed by atoms with E-state index in [0.717, 1.165) is 30.0 Å². The van der Waals surface area contributed by atoms with Crippen molar-refractivity contribution in [3.8, 4) is 0 Å². The van der Waals surface area contributed by atoms with E-state index >= 15 is 0 Å². The fraction of sp³-hybridized carbons (Fsp3) is 0.643. The molecule has 0 bridgehead atoms. The Kier molecular flexibility index (Phi) is 3.59. The molecule has 2 rings (SSSR count). The third-order valence-corrected chi connectivity index (χ3v) is 3.87. The molecule has 0 spiro atoms. The van der Waals surface area contributed by atoms with Crippen LogP contribution in [0.3, 0.4) is 0 Å². The molecular weight excluding hydrogens is 198 g/mol. The van der Waals surface area contributed by atoms with Crippen LogP contribution in [0.4, 0.5) is 0 Å². The minimum absolute atomic E-state index is 0.318. The minimum atomic E-state index is -0.318. The van der Waals surface area contributed by atoms with Gasteiger partial charge in [-0.15, -0.1) is 0 Å². The molecule has 0 amide bonds. The Hall–Kier alpha value is -0.890. The molecule has 0 aliphatic heterocycles. The standard InChI is InChI=1S/C14H21NO/c1-10-5-7-12(8-6-10)14(16)13-4-3-9-15-11(13)2/h3-4,9-10,12,14,16H,5-8H2,1-2H3. The number of pyridine rings is 1. The van der Waals surface area contributed by atoms with Crippen molar-refractivity contribution in [2.75, 3.05) is 0 Å². The molecule has 1 saturated carbocycles. The fourth-order valence-corrected chi connectivity index (χ4v) is 2.66. The molecule has 1 aliphatic carbocycles. The van der Waals surface area contributed by atoms with Crippen LogP contribution in [0, 0.1) is 18.8 Å². The summed E-state index contributed by atoms with van der Waals surface area (Å²) in [5, 5.41) is 10.4. The van der Waals surface area contributed by atoms with Crippen molar-refractivity contribution in [1.29, 1.82) is 0 Å². The number of rotatable bonds is 2. The maximum absolute atomic E-state index is 10.4. The molecule has 1 unspecified atom stereocenters. The molecule has 1 aliphatic rings. The predicted octanol–water partition coefficient (Wildman–Crippen LogP) is 3.25. The van der Waals surface area contributed by atoms with E-state index < -0.39 is 0 Å². The van der Waals surface area contributed by atoms with Crippen molar-refractivity contribution < 1.29 is 5.11 Å². The highest BCUT2D eigenvalue weighted by molar-refractivity contribution is 5.21. The first-order valence-electron chi connectivity index (χ1n) is 6.28. The summed E-state index contributed by atoms with van der Waals surface area (Å²) in [5.41, 5.74) is 1.98. The number of aromatic nitrogens is 1. The van der Waals surface area contributed by atoms with Crippen molar-refractivity contribution in [3.05, 3.63) is 29.6 Å². The first-order valence-corrected chi connectivity index (χ1v) is 6.28. The zero-order valence-electron chi connectivity index (χ0n) is 10.2. The fourth-order valence-electron chi connectivity index (χ4n) is 2.66. The van der Waals surface area contributed by atoms with Crippen LogP contribution in [-0.2, 0) is 0 Å². The van der Waals surface area contributed by atoms with E-state index in [1.807, 2.05) is 19.1 Å². The average molecular weight is 219 g/mol. The lowest BCUT2D eigenvalue weighted by atomic mass is 9.78. The van der Waals surface area contributed by atoms with E-state index in [0.29, 0.717) is 5.92 Å². The van der Waals surface area contributed by atoms with Gasteiger partial charge in [-0.1, -0.05) is 25.8 Å². The second-order valence-corrected chi connectivity index (χ2v) is 5.14. The molecule has 2 heteroatoms. The summed E-state index contributed by atoms with van der Waals surface area (Å²) in [5.74, 6) is 1.26. The van der Waals surface area contributed by atoms with Crippen molar-refractivity contribution >= 4 is 0 Å². The topological polar surface area (TPSA) is 33.1 Å². The Labute approximate surface area is 97.7 Å². The molecule has 0 radical (unpaired) electrons. The minimum Gasteiger partial charge on any atom is -0.388 e. The number of aliphatic hydroxyl groups is 1. The number of hydrogen-bond acceptors (Lipinski definition) is 2. The van der Waals surface area contributed by atoms with Crippen LogP contribution in [0.1, 0.15) is 50.0 Å². The largest absolute Gasteiger partial charge is 0.388 e. The van der Waals surface area contributed by atoms with E-state index in [2.05, 4.69) is 11.9 Å². The highest BCUT2D eigenvalue weighted by Gasteiger charge is 2.26. The Morgan fingerprint density at radius 3 is 2.62 bits per heavy atom. The molecule has 0 aromatic carbocycles. The van der Waals surface area contributed by atoms with E-state index in [1.54, 1.807) is 6.20 Å². The summed E-state index contributed by atoms with van der Waals surface area (Å²) in [6.45, 7) is 4.28. The Balaban J connectivity index is 2.07. The van der Waals surface area contributed by atoms with Crippen LogP contribution >= 0.6 is 0 Å². The summed E-state index contributed by atoms with van der Waals surface area (Å²) >= 11 is 0. The summed E-state index contributed by atoms with van der Waals surface area (Å²) in [6, 6.07) is 3.92. The Bertz CT molecular complexity index is 342. The third kappa shape index (κ3) is 2.43. The monoisotopic (exact) mass is 219 g/mol. The molecule has 1 aromatic heterocycles. The lowest BCUT2D eigenvalue weighted by Gasteiger charge is -2.30. The highest BCUT2D eigenvalue weighted by atomic mass is 16.3. The quantitative estimate of drug-likeness (QED) is 0.828. The zero-order chi connectivity index (χ0) is 11.5. The molecule has 2 nitrogen and oxygen atoms in total. The molecule has 16 heavy (non-hydrogen) atoms. The zero-order valence-corrected chi connectivity index (χ0v) is 10.2. The molecule has 88 valence electrons. The van der Waals surface area contributed by atoms with Gasteiger partial charge in [0.25, 0.3) is 0 Å². The molecular formula is C14H21NO. The van der Waals surface area contributed by atoms with E-state index in [9.17, 15) is 5.11 Å². The van der Waals surface area contributed by atoms with Gasteiger partial charge in [-0.2, -0.15) is 0 Å². The van der Waals surface area contributed by atoms with Crippen molar-refractivity contribution in [1.82, 2.24) is 4.98 Å². The van der Waals surface area contributed by atoms with Crippen molar-refractivity contribution in [3.63, 3.8) is 0 Å². The van der Waals surface area contributed by atoms with Gasteiger partial charge in [-0.05, 0) is 37.7 Å². The molecule has 1 heterocycles. The summed E-state index contributed by atoms with van der Waals surface area (Å²) < 4.78 is 0. The summed E-state index contributed by atoms with van der Waals surface area (Å²) in [6.07, 6.45) is 6.27. The van der Waals surface area contributed by atoms with Crippen LogP contribution in [0.5, 0.6) is 0 Å². The number of hydrogen-bond donors (Lipinski definition) is 1. The van der Waals surface area contributed by atoms with Gasteiger partial charge < -0.3 is 5.11 Å². The number of aliphatic hydroxyl groups excluding tert-OH is 1. The van der Waals surface area contributed by atoms with Crippen LogP contribution in [0.15, 0.2) is 18.3 Å². The van der Waals surface area contributed by atoms with Gasteiger partial charge >= 0.3 is 0 Å². The van der Waals surface area contributed by atoms with Crippen LogP contribution < -0.4 is 0 Å². The first kappa shape index (κ1) is 11.6. The van der Waals surface area contributed by atoms with Gasteiger partial charge in [0.05, 0.1) is 6.10 Å². The van der Waals surface area contributed by atoms with E-state index in [-0.39, 0.29) is 6.10 Å². The second kappa shape index (κ2) is 4.96. The smallest absolute Gasteiger partial charge is 0.0835 e. The van der Waals surface area contributed by atoms with Crippen molar-refractivity contribution in [2.24, 2.45) is 11.8 Å². The van der Waals surface area contributed by atoms with Gasteiger partial charge in [-0.3, -0.25) is 4.98 Å². The van der Waals surface area contributed by atoms with Gasteiger partial charge in [0.2, 0.25) is 0 Å². The lowest BCUT2D eigenvalue weighted by Crippen LogP contribution is -2.20. The second-order valence-electron chi connectivity index (χ2n) is 5.14. The predicted molar refractivity (Wildman–Crippen MR) is 65.1 cm³/mol. The molecule has 1 N–H and O–H groups in total. The van der Waals surface area contributed by atoms with Crippen molar-refractivity contribution in [2.45, 2.75) is 45.6 Å². The van der Waals surface area contributed by atoms with Gasteiger partial charge in [0.15, 0.2) is 0 Å². The number of aryl methyl sites for hydroxylation is 1. The molecule has 1 atom stereocenters. The maximum atomic E-state index is 10.4. The van der Waals surface area contributed by atoms with Crippen LogP contribution in [0.25, 0.3) is 0 Å². The first-order chi connectivity index (χ1) is 7.68. The molecule has 0 saturated heterocycles. The maximum Gasteiger partial charge on any atom is 0.0835 e. The third-order valence-electron chi connectivity index (χ3n) is 3.87.